The Morgan fingerprint density at radius 3 is 3.09 bits per heavy atom. The lowest BCUT2D eigenvalue weighted by molar-refractivity contribution is 0.0911. The number of ether oxygens (including phenoxy) is 1. The first kappa shape index (κ1) is 14.2. The average molecular weight is 316 g/mol. The molecule has 0 unspecified atom stereocenters. The predicted molar refractivity (Wildman–Crippen MR) is 84.8 cm³/mol. The second kappa shape index (κ2) is 6.38. The van der Waals surface area contributed by atoms with Crippen molar-refractivity contribution >= 4 is 11.8 Å². The van der Waals surface area contributed by atoms with Gasteiger partial charge in [0.05, 0.1) is 12.6 Å². The third-order valence-electron chi connectivity index (χ3n) is 4.46. The van der Waals surface area contributed by atoms with Crippen LogP contribution in [0.5, 0.6) is 0 Å². The lowest BCUT2D eigenvalue weighted by Gasteiger charge is -2.24. The first-order valence-corrected chi connectivity index (χ1v) is 8.90. The quantitative estimate of drug-likeness (QED) is 0.868. The highest BCUT2D eigenvalue weighted by molar-refractivity contribution is 7.99. The zero-order chi connectivity index (χ0) is 14.8. The summed E-state index contributed by atoms with van der Waals surface area (Å²) in [6.45, 7) is 1.63. The summed E-state index contributed by atoms with van der Waals surface area (Å²) in [5.74, 6) is 0. The molecule has 6 heteroatoms. The van der Waals surface area contributed by atoms with E-state index in [1.807, 2.05) is 4.68 Å². The molecular formula is C16H20N4OS. The normalized spacial score (nSPS) is 24.4. The molecule has 0 N–H and O–H groups in total. The van der Waals surface area contributed by atoms with Crippen molar-refractivity contribution in [1.82, 2.24) is 20.2 Å². The van der Waals surface area contributed by atoms with Crippen molar-refractivity contribution in [2.75, 3.05) is 6.61 Å². The van der Waals surface area contributed by atoms with Crippen LogP contribution in [0.3, 0.4) is 0 Å². The number of hydrogen-bond acceptors (Lipinski definition) is 5. The molecule has 0 spiro atoms. The maximum atomic E-state index is 5.70. The summed E-state index contributed by atoms with van der Waals surface area (Å²) in [7, 11) is 0. The zero-order valence-corrected chi connectivity index (χ0v) is 13.3. The second-order valence-electron chi connectivity index (χ2n) is 5.98. The van der Waals surface area contributed by atoms with Gasteiger partial charge >= 0.3 is 0 Å². The monoisotopic (exact) mass is 316 g/mol. The summed E-state index contributed by atoms with van der Waals surface area (Å²) in [5.41, 5.74) is 2.93. The van der Waals surface area contributed by atoms with Gasteiger partial charge in [-0.15, -0.1) is 5.10 Å². The summed E-state index contributed by atoms with van der Waals surface area (Å²) < 4.78 is 7.62. The van der Waals surface area contributed by atoms with Gasteiger partial charge in [0.25, 0.3) is 0 Å². The van der Waals surface area contributed by atoms with E-state index in [1.165, 1.54) is 30.4 Å². The number of aromatic nitrogens is 4. The number of fused-ring (bicyclic) bond motifs is 1. The van der Waals surface area contributed by atoms with Crippen LogP contribution in [0.25, 0.3) is 0 Å². The molecule has 0 radical (unpaired) electrons. The number of thioether (sulfide) groups is 1. The van der Waals surface area contributed by atoms with Crippen LogP contribution >= 0.6 is 11.8 Å². The van der Waals surface area contributed by atoms with E-state index in [4.69, 9.17) is 4.74 Å². The number of hydrogen-bond donors (Lipinski definition) is 0. The minimum absolute atomic E-state index is 0.265. The minimum Gasteiger partial charge on any atom is -0.376 e. The van der Waals surface area contributed by atoms with Gasteiger partial charge in [0.1, 0.15) is 0 Å². The highest BCUT2D eigenvalue weighted by Crippen LogP contribution is 2.42. The maximum absolute atomic E-state index is 5.70. The Labute approximate surface area is 134 Å². The molecule has 1 aliphatic carbocycles. The Balaban J connectivity index is 1.51. The number of benzene rings is 1. The topological polar surface area (TPSA) is 52.8 Å². The molecular weight excluding hydrogens is 296 g/mol. The summed E-state index contributed by atoms with van der Waals surface area (Å²) in [6.07, 6.45) is 6.13. The highest BCUT2D eigenvalue weighted by atomic mass is 32.2. The lowest BCUT2D eigenvalue weighted by Crippen LogP contribution is -2.17. The van der Waals surface area contributed by atoms with Crippen molar-refractivity contribution in [3.05, 3.63) is 35.4 Å². The van der Waals surface area contributed by atoms with Crippen molar-refractivity contribution in [3.63, 3.8) is 0 Å². The summed E-state index contributed by atoms with van der Waals surface area (Å²) in [6, 6.07) is 8.76. The average Bonchev–Trinajstić information content (AvgIpc) is 3.21. The largest absolute Gasteiger partial charge is 0.376 e. The number of aryl methyl sites for hydroxylation is 1. The van der Waals surface area contributed by atoms with Gasteiger partial charge in [0, 0.05) is 11.9 Å². The summed E-state index contributed by atoms with van der Waals surface area (Å²) in [5, 5.41) is 13.6. The van der Waals surface area contributed by atoms with Gasteiger partial charge in [-0.05, 0) is 53.7 Å². The molecule has 4 rings (SSSR count). The van der Waals surface area contributed by atoms with E-state index < -0.39 is 0 Å². The first-order valence-electron chi connectivity index (χ1n) is 8.02. The lowest BCUT2D eigenvalue weighted by atomic mass is 9.91. The van der Waals surface area contributed by atoms with Crippen LogP contribution in [0.2, 0.25) is 0 Å². The van der Waals surface area contributed by atoms with E-state index in [-0.39, 0.29) is 6.10 Å². The van der Waals surface area contributed by atoms with Gasteiger partial charge in [0.2, 0.25) is 5.16 Å². The highest BCUT2D eigenvalue weighted by Gasteiger charge is 2.24. The molecule has 0 amide bonds. The summed E-state index contributed by atoms with van der Waals surface area (Å²) >= 11 is 1.80. The molecule has 2 aliphatic rings. The van der Waals surface area contributed by atoms with E-state index >= 15 is 0 Å². The third kappa shape index (κ3) is 2.90. The van der Waals surface area contributed by atoms with Crippen molar-refractivity contribution in [2.45, 2.75) is 55.2 Å². The molecule has 1 aromatic carbocycles. The molecule has 1 aromatic heterocycles. The van der Waals surface area contributed by atoms with Gasteiger partial charge in [-0.1, -0.05) is 36.0 Å². The molecule has 0 saturated carbocycles. The Kier molecular flexibility index (Phi) is 4.12. The van der Waals surface area contributed by atoms with Gasteiger partial charge in [-0.2, -0.15) is 0 Å². The number of tetrazole rings is 1. The predicted octanol–water partition coefficient (Wildman–Crippen LogP) is 3.02. The van der Waals surface area contributed by atoms with Crippen molar-refractivity contribution in [3.8, 4) is 0 Å². The fourth-order valence-corrected chi connectivity index (χ4v) is 4.55. The van der Waals surface area contributed by atoms with Crippen LogP contribution in [0.15, 0.2) is 29.4 Å². The molecule has 1 aliphatic heterocycles. The van der Waals surface area contributed by atoms with Crippen LogP contribution in [-0.4, -0.2) is 32.9 Å². The van der Waals surface area contributed by atoms with Crippen molar-refractivity contribution < 1.29 is 4.74 Å². The fraction of sp³-hybridized carbons (Fsp3) is 0.562. The molecule has 1 fully saturated rings. The van der Waals surface area contributed by atoms with Gasteiger partial charge in [-0.25, -0.2) is 4.68 Å². The van der Waals surface area contributed by atoms with Crippen LogP contribution in [0, 0.1) is 0 Å². The maximum Gasteiger partial charge on any atom is 0.209 e. The molecule has 116 valence electrons. The first-order chi connectivity index (χ1) is 10.9. The number of nitrogens with zero attached hydrogens (tertiary/aromatic N) is 4. The molecule has 1 saturated heterocycles. The standard InChI is InChI=1S/C16H20N4OS/c1-2-8-14-12(5-1)6-3-9-15(14)22-16-17-18-19-20(16)11-13-7-4-10-21-13/h1-2,5,8,13,15H,3-4,6-7,9-11H2/t13-,15+/m0/s1. The zero-order valence-electron chi connectivity index (χ0n) is 12.5. The smallest absolute Gasteiger partial charge is 0.209 e. The van der Waals surface area contributed by atoms with E-state index in [0.717, 1.165) is 31.1 Å². The van der Waals surface area contributed by atoms with E-state index in [1.54, 1.807) is 11.8 Å². The molecule has 22 heavy (non-hydrogen) atoms. The van der Waals surface area contributed by atoms with Crippen molar-refractivity contribution in [1.29, 1.82) is 0 Å². The second-order valence-corrected chi connectivity index (χ2v) is 7.15. The Morgan fingerprint density at radius 2 is 2.18 bits per heavy atom. The molecule has 5 nitrogen and oxygen atoms in total. The van der Waals surface area contributed by atoms with Gasteiger partial charge in [0.15, 0.2) is 0 Å². The molecule has 2 heterocycles. The van der Waals surface area contributed by atoms with Crippen molar-refractivity contribution in [2.24, 2.45) is 0 Å². The van der Waals surface area contributed by atoms with Crippen LogP contribution in [0.4, 0.5) is 0 Å². The Hall–Kier alpha value is -1.40. The van der Waals surface area contributed by atoms with Crippen LogP contribution in [0.1, 0.15) is 42.1 Å². The van der Waals surface area contributed by atoms with Gasteiger partial charge in [-0.3, -0.25) is 0 Å². The minimum atomic E-state index is 0.265. The summed E-state index contributed by atoms with van der Waals surface area (Å²) in [4.78, 5) is 0. The Bertz CT molecular complexity index is 639. The Morgan fingerprint density at radius 1 is 1.23 bits per heavy atom. The molecule has 2 aromatic rings. The van der Waals surface area contributed by atoms with Gasteiger partial charge < -0.3 is 4.74 Å². The molecule has 0 bridgehead atoms. The SMILES string of the molecule is c1ccc2c(c1)CCC[C@H]2Sc1nnnn1C[C@@H]1CCCO1. The number of rotatable bonds is 4. The van der Waals surface area contributed by atoms with E-state index in [0.29, 0.717) is 5.25 Å². The van der Waals surface area contributed by atoms with E-state index in [2.05, 4.69) is 39.8 Å². The molecule has 2 atom stereocenters. The van der Waals surface area contributed by atoms with Crippen LogP contribution < -0.4 is 0 Å². The van der Waals surface area contributed by atoms with E-state index in [9.17, 15) is 0 Å². The third-order valence-corrected chi connectivity index (χ3v) is 5.74. The van der Waals surface area contributed by atoms with Crippen LogP contribution in [-0.2, 0) is 17.7 Å². The fourth-order valence-electron chi connectivity index (χ4n) is 3.34.